The van der Waals surface area contributed by atoms with Crippen molar-refractivity contribution in [1.29, 1.82) is 0 Å². The molecule has 2 aliphatic heterocycles. The predicted octanol–water partition coefficient (Wildman–Crippen LogP) is -0.584. The molecule has 4 nitrogen and oxygen atoms in total. The number of rotatable bonds is 3. The van der Waals surface area contributed by atoms with E-state index in [1.54, 1.807) is 4.90 Å². The number of carbonyl (C=O) groups excluding carboxylic acids is 1. The molecule has 2 atom stereocenters. The van der Waals surface area contributed by atoms with Crippen molar-refractivity contribution in [3.05, 3.63) is 28.8 Å². The summed E-state index contributed by atoms with van der Waals surface area (Å²) in [6.45, 7) is 5.59. The highest BCUT2D eigenvalue weighted by Gasteiger charge is 2.34. The maximum absolute atomic E-state index is 11.6. The van der Waals surface area contributed by atoms with Crippen molar-refractivity contribution in [2.45, 2.75) is 38.7 Å². The van der Waals surface area contributed by atoms with Crippen LogP contribution in [0.15, 0.2) is 18.2 Å². The average molecular weight is 374 g/mol. The second kappa shape index (κ2) is 8.93. The third kappa shape index (κ3) is 4.78. The number of nitrogens with one attached hydrogen (secondary N) is 1. The van der Waals surface area contributed by atoms with Crippen molar-refractivity contribution in [3.63, 3.8) is 0 Å². The summed E-state index contributed by atoms with van der Waals surface area (Å²) >= 11 is 6.08. The molecule has 1 fully saturated rings. The fourth-order valence-corrected chi connectivity index (χ4v) is 3.93. The quantitative estimate of drug-likeness (QED) is 0.720. The number of ether oxygens (including phenoxy) is 2. The topological polar surface area (TPSA) is 40.0 Å². The molecule has 0 aliphatic carbocycles. The summed E-state index contributed by atoms with van der Waals surface area (Å²) < 4.78 is 11.6. The number of fused-ring (bicyclic) bond motifs is 1. The van der Waals surface area contributed by atoms with Gasteiger partial charge in [0.05, 0.1) is 32.2 Å². The Morgan fingerprint density at radius 2 is 2.08 bits per heavy atom. The summed E-state index contributed by atoms with van der Waals surface area (Å²) in [6, 6.07) is 5.61. The number of piperidine rings is 1. The van der Waals surface area contributed by atoms with E-state index in [9.17, 15) is 4.79 Å². The molecule has 1 aromatic carbocycles. The van der Waals surface area contributed by atoms with Crippen molar-refractivity contribution >= 4 is 17.6 Å². The van der Waals surface area contributed by atoms with E-state index in [-0.39, 0.29) is 30.4 Å². The highest BCUT2D eigenvalue weighted by molar-refractivity contribution is 6.30. The van der Waals surface area contributed by atoms with Crippen LogP contribution in [-0.4, -0.2) is 32.2 Å². The molecule has 2 heterocycles. The monoisotopic (exact) mass is 373 g/mol. The molecule has 6 heteroatoms. The Hall–Kier alpha value is -0.970. The lowest BCUT2D eigenvalue weighted by atomic mass is 9.92. The maximum atomic E-state index is 11.6. The van der Waals surface area contributed by atoms with Crippen LogP contribution >= 0.6 is 11.6 Å². The minimum atomic E-state index is -0.239. The van der Waals surface area contributed by atoms with Crippen LogP contribution in [0.5, 0.6) is 5.75 Å². The van der Waals surface area contributed by atoms with Gasteiger partial charge in [-0.05, 0) is 37.8 Å². The van der Waals surface area contributed by atoms with Gasteiger partial charge in [0.1, 0.15) is 11.9 Å². The first kappa shape index (κ1) is 19.4. The number of halogens is 2. The number of hydrogen-bond acceptors (Lipinski definition) is 3. The van der Waals surface area contributed by atoms with Gasteiger partial charge in [-0.25, -0.2) is 0 Å². The van der Waals surface area contributed by atoms with E-state index in [4.69, 9.17) is 21.1 Å². The predicted molar refractivity (Wildman–Crippen MR) is 89.0 cm³/mol. The second-order valence-corrected chi connectivity index (χ2v) is 7.06. The standard InChI is InChI=1S/C18H24ClNO3.ClH/c1-13(21)23-18-14(12-20-8-3-2-4-9-20)7-10-22-17-11-15(19)5-6-16(17)18;/h5-6,11,14,18H,2-4,7-10,12H2,1H3;1H. The van der Waals surface area contributed by atoms with Gasteiger partial charge in [-0.3, -0.25) is 4.79 Å². The molecular weight excluding hydrogens is 349 g/mol. The molecule has 0 saturated carbocycles. The van der Waals surface area contributed by atoms with Gasteiger partial charge in [0.2, 0.25) is 0 Å². The van der Waals surface area contributed by atoms with Crippen LogP contribution in [0.2, 0.25) is 5.02 Å². The van der Waals surface area contributed by atoms with Gasteiger partial charge in [-0.2, -0.15) is 0 Å². The smallest absolute Gasteiger partial charge is 0.303 e. The largest absolute Gasteiger partial charge is 1.00 e. The van der Waals surface area contributed by atoms with E-state index in [1.165, 1.54) is 39.3 Å². The fraction of sp³-hybridized carbons (Fsp3) is 0.611. The summed E-state index contributed by atoms with van der Waals surface area (Å²) in [6.07, 6.45) is 4.59. The zero-order valence-corrected chi connectivity index (χ0v) is 15.5. The van der Waals surface area contributed by atoms with E-state index < -0.39 is 0 Å². The number of hydrogen-bond donors (Lipinski definition) is 1. The summed E-state index contributed by atoms with van der Waals surface area (Å²) in [5.74, 6) is 0.797. The average Bonchev–Trinajstić information content (AvgIpc) is 2.68. The lowest BCUT2D eigenvalue weighted by molar-refractivity contribution is -0.908. The maximum Gasteiger partial charge on any atom is 0.303 e. The Balaban J connectivity index is 0.00000208. The molecule has 1 aromatic rings. The van der Waals surface area contributed by atoms with Gasteiger partial charge in [-0.1, -0.05) is 17.7 Å². The summed E-state index contributed by atoms with van der Waals surface area (Å²) in [5.41, 5.74) is 0.948. The normalized spacial score (nSPS) is 24.1. The lowest BCUT2D eigenvalue weighted by Gasteiger charge is -2.30. The molecule has 0 bridgehead atoms. The zero-order valence-electron chi connectivity index (χ0n) is 14.0. The van der Waals surface area contributed by atoms with E-state index in [2.05, 4.69) is 0 Å². The molecule has 2 unspecified atom stereocenters. The van der Waals surface area contributed by atoms with Crippen LogP contribution in [0.25, 0.3) is 0 Å². The van der Waals surface area contributed by atoms with E-state index >= 15 is 0 Å². The SMILES string of the molecule is CC(=O)OC1c2ccc(Cl)cc2OCCC1C[NH+]1CCCCC1.[Cl-]. The van der Waals surface area contributed by atoms with Crippen LogP contribution in [0, 0.1) is 5.92 Å². The first-order chi connectivity index (χ1) is 11.1. The molecule has 0 aromatic heterocycles. The Kier molecular flexibility index (Phi) is 7.20. The number of benzene rings is 1. The number of quaternary nitrogens is 1. The third-order valence-electron chi connectivity index (χ3n) is 4.86. The van der Waals surface area contributed by atoms with Crippen LogP contribution in [0.4, 0.5) is 0 Å². The van der Waals surface area contributed by atoms with Gasteiger partial charge < -0.3 is 26.8 Å². The van der Waals surface area contributed by atoms with E-state index in [1.807, 2.05) is 18.2 Å². The number of carbonyl (C=O) groups is 1. The summed E-state index contributed by atoms with van der Waals surface area (Å²) in [5, 5.41) is 0.644. The molecule has 2 aliphatic rings. The fourth-order valence-electron chi connectivity index (χ4n) is 3.77. The Bertz CT molecular complexity index is 561. The molecule has 24 heavy (non-hydrogen) atoms. The second-order valence-electron chi connectivity index (χ2n) is 6.62. The van der Waals surface area contributed by atoms with Crippen LogP contribution < -0.4 is 22.0 Å². The van der Waals surface area contributed by atoms with Crippen LogP contribution in [-0.2, 0) is 9.53 Å². The summed E-state index contributed by atoms with van der Waals surface area (Å²) in [7, 11) is 0. The van der Waals surface area contributed by atoms with Gasteiger partial charge in [-0.15, -0.1) is 0 Å². The van der Waals surface area contributed by atoms with Crippen molar-refractivity contribution in [2.24, 2.45) is 5.92 Å². The Labute approximate surface area is 154 Å². The molecule has 0 spiro atoms. The summed E-state index contributed by atoms with van der Waals surface area (Å²) in [4.78, 5) is 13.3. The van der Waals surface area contributed by atoms with Crippen LogP contribution in [0.1, 0.15) is 44.3 Å². The van der Waals surface area contributed by atoms with Gasteiger partial charge >= 0.3 is 5.97 Å². The van der Waals surface area contributed by atoms with Crippen molar-refractivity contribution in [3.8, 4) is 5.75 Å². The van der Waals surface area contributed by atoms with Gasteiger partial charge in [0.15, 0.2) is 0 Å². The third-order valence-corrected chi connectivity index (χ3v) is 5.10. The molecule has 1 N–H and O–H groups in total. The van der Waals surface area contributed by atoms with E-state index in [0.29, 0.717) is 11.6 Å². The van der Waals surface area contributed by atoms with E-state index in [0.717, 1.165) is 24.3 Å². The molecular formula is C18H25Cl2NO3. The highest BCUT2D eigenvalue weighted by Crippen LogP contribution is 2.38. The van der Waals surface area contributed by atoms with Crippen molar-refractivity contribution < 1.29 is 31.6 Å². The molecule has 0 amide bonds. The molecule has 134 valence electrons. The van der Waals surface area contributed by atoms with Gasteiger partial charge in [0.25, 0.3) is 0 Å². The minimum absolute atomic E-state index is 0. The number of esters is 1. The Morgan fingerprint density at radius 3 is 2.79 bits per heavy atom. The molecule has 3 rings (SSSR count). The zero-order chi connectivity index (χ0) is 16.2. The lowest BCUT2D eigenvalue weighted by Crippen LogP contribution is -3.13. The molecule has 0 radical (unpaired) electrons. The first-order valence-electron chi connectivity index (χ1n) is 8.56. The first-order valence-corrected chi connectivity index (χ1v) is 8.94. The molecule has 1 saturated heterocycles. The van der Waals surface area contributed by atoms with Crippen molar-refractivity contribution in [2.75, 3.05) is 26.2 Å². The highest BCUT2D eigenvalue weighted by atomic mass is 35.5. The van der Waals surface area contributed by atoms with Gasteiger partial charge in [0, 0.05) is 17.5 Å². The minimum Gasteiger partial charge on any atom is -1.00 e. The van der Waals surface area contributed by atoms with Crippen LogP contribution in [0.3, 0.4) is 0 Å². The number of likely N-dealkylation sites (tertiary alicyclic amines) is 1. The van der Waals surface area contributed by atoms with Crippen molar-refractivity contribution in [1.82, 2.24) is 0 Å². The Morgan fingerprint density at radius 1 is 1.33 bits per heavy atom.